The molecule has 3 rings (SSSR count). The average molecular weight is 964 g/mol. The van der Waals surface area contributed by atoms with Crippen LogP contribution < -0.4 is 54.0 Å². The SMILES string of the molecule is CN[C@@H](C#CCC(N)=O)C(=O)N[C@@H](Cc1c[nH]c2ccccc12)C(=O)N[C@@H](C)C(=O)N[C@H](C(=O)NCC(=O)NC(Cc1cnc[nH]1)C(=O)N[C@@H](CC(C)C)C(=O)N[C@@H](CCSC)C(N)=O)C(C)C. The second kappa shape index (κ2) is 27.6. The van der Waals surface area contributed by atoms with Crippen molar-refractivity contribution >= 4 is 75.8 Å². The summed E-state index contributed by atoms with van der Waals surface area (Å²) in [5.74, 6) is -1.26. The number of aromatic nitrogens is 3. The van der Waals surface area contributed by atoms with Gasteiger partial charge in [-0.2, -0.15) is 11.8 Å². The highest BCUT2D eigenvalue weighted by Gasteiger charge is 2.33. The van der Waals surface area contributed by atoms with Crippen molar-refractivity contribution in [2.24, 2.45) is 23.3 Å². The zero-order valence-corrected chi connectivity index (χ0v) is 40.2. The first kappa shape index (κ1) is 55.4. The van der Waals surface area contributed by atoms with Crippen LogP contribution in [0.15, 0.2) is 43.0 Å². The summed E-state index contributed by atoms with van der Waals surface area (Å²) in [6, 6.07) is -0.669. The molecule has 22 nitrogen and oxygen atoms in total. The molecular formula is C45H65N13O9S. The van der Waals surface area contributed by atoms with Gasteiger partial charge in [0.1, 0.15) is 42.3 Å². The molecule has 0 bridgehead atoms. The molecule has 0 aliphatic carbocycles. The molecular weight excluding hydrogens is 899 g/mol. The molecule has 1 unspecified atom stereocenters. The van der Waals surface area contributed by atoms with Crippen molar-refractivity contribution in [2.75, 3.05) is 25.6 Å². The number of fused-ring (bicyclic) bond motifs is 1. The number of nitrogens with one attached hydrogen (secondary N) is 10. The summed E-state index contributed by atoms with van der Waals surface area (Å²) in [4.78, 5) is 128. The Bertz CT molecular complexity index is 2290. The molecule has 0 saturated heterocycles. The van der Waals surface area contributed by atoms with Gasteiger partial charge in [-0.1, -0.05) is 57.7 Å². The monoisotopic (exact) mass is 963 g/mol. The summed E-state index contributed by atoms with van der Waals surface area (Å²) in [5, 5.41) is 21.9. The molecule has 9 amide bonds. The Labute approximate surface area is 399 Å². The molecule has 0 saturated carbocycles. The van der Waals surface area contributed by atoms with Crippen molar-refractivity contribution in [3.8, 4) is 11.8 Å². The van der Waals surface area contributed by atoms with Gasteiger partial charge in [0.25, 0.3) is 0 Å². The van der Waals surface area contributed by atoms with Crippen molar-refractivity contribution in [1.82, 2.24) is 57.5 Å². The minimum absolute atomic E-state index is 0.00823. The third-order valence-corrected chi connectivity index (χ3v) is 11.1. The third-order valence-electron chi connectivity index (χ3n) is 10.5. The van der Waals surface area contributed by atoms with Crippen LogP contribution in [0.25, 0.3) is 10.9 Å². The molecule has 0 aliphatic heterocycles. The van der Waals surface area contributed by atoms with E-state index in [0.29, 0.717) is 17.0 Å². The number of hydrogen-bond donors (Lipinski definition) is 12. The van der Waals surface area contributed by atoms with Gasteiger partial charge in [0.15, 0.2) is 0 Å². The van der Waals surface area contributed by atoms with E-state index in [4.69, 9.17) is 11.5 Å². The van der Waals surface area contributed by atoms with E-state index in [1.54, 1.807) is 20.0 Å². The lowest BCUT2D eigenvalue weighted by atomic mass is 10.0. The first-order valence-electron chi connectivity index (χ1n) is 22.1. The Morgan fingerprint density at radius 1 is 0.750 bits per heavy atom. The van der Waals surface area contributed by atoms with Gasteiger partial charge in [-0.25, -0.2) is 4.98 Å². The van der Waals surface area contributed by atoms with E-state index < -0.39 is 108 Å². The smallest absolute Gasteiger partial charge is 0.250 e. The number of benzene rings is 1. The number of imidazole rings is 1. The van der Waals surface area contributed by atoms with Gasteiger partial charge in [-0.15, -0.1) is 0 Å². The van der Waals surface area contributed by atoms with E-state index in [9.17, 15) is 43.2 Å². The topological polar surface area (TPSA) is 346 Å². The Morgan fingerprint density at radius 2 is 1.40 bits per heavy atom. The van der Waals surface area contributed by atoms with Gasteiger partial charge in [0.2, 0.25) is 53.2 Å². The number of nitrogens with two attached hydrogens (primary N) is 2. The molecule has 0 spiro atoms. The molecule has 0 fully saturated rings. The maximum atomic E-state index is 13.8. The molecule has 68 heavy (non-hydrogen) atoms. The van der Waals surface area contributed by atoms with Crippen LogP contribution in [0.2, 0.25) is 0 Å². The van der Waals surface area contributed by atoms with E-state index in [-0.39, 0.29) is 38.0 Å². The van der Waals surface area contributed by atoms with Crippen LogP contribution in [0.5, 0.6) is 0 Å². The molecule has 1 aromatic carbocycles. The van der Waals surface area contributed by atoms with E-state index in [1.807, 2.05) is 44.4 Å². The van der Waals surface area contributed by atoms with Crippen LogP contribution in [-0.4, -0.2) is 136 Å². The van der Waals surface area contributed by atoms with E-state index in [2.05, 4.69) is 69.3 Å². The molecule has 14 N–H and O–H groups in total. The fraction of sp³-hybridized carbons (Fsp3) is 0.511. The van der Waals surface area contributed by atoms with Crippen molar-refractivity contribution in [3.05, 3.63) is 54.2 Å². The second-order valence-corrected chi connectivity index (χ2v) is 17.8. The number of likely N-dealkylation sites (N-methyl/N-ethyl adjacent to an activating group) is 1. The molecule has 2 aromatic heterocycles. The Balaban J connectivity index is 1.71. The predicted molar refractivity (Wildman–Crippen MR) is 255 cm³/mol. The first-order chi connectivity index (χ1) is 32.2. The molecule has 23 heteroatoms. The van der Waals surface area contributed by atoms with Crippen LogP contribution in [0.1, 0.15) is 65.1 Å². The summed E-state index contributed by atoms with van der Waals surface area (Å²) < 4.78 is 0. The number of carbonyl (C=O) groups excluding carboxylic acids is 9. The minimum atomic E-state index is -1.25. The molecule has 0 aliphatic rings. The summed E-state index contributed by atoms with van der Waals surface area (Å²) in [5.41, 5.74) is 12.7. The van der Waals surface area contributed by atoms with Crippen molar-refractivity contribution in [1.29, 1.82) is 0 Å². The molecule has 370 valence electrons. The Kier molecular flexibility index (Phi) is 22.5. The van der Waals surface area contributed by atoms with Crippen LogP contribution in [0.4, 0.5) is 0 Å². The van der Waals surface area contributed by atoms with E-state index >= 15 is 0 Å². The average Bonchev–Trinajstić information content (AvgIpc) is 3.96. The summed E-state index contributed by atoms with van der Waals surface area (Å²) in [6.45, 7) is 7.81. The van der Waals surface area contributed by atoms with E-state index in [1.165, 1.54) is 38.3 Å². The second-order valence-electron chi connectivity index (χ2n) is 16.8. The Hall–Kier alpha value is -6.93. The zero-order chi connectivity index (χ0) is 50.5. The largest absolute Gasteiger partial charge is 0.369 e. The number of nitrogens with zero attached hydrogens (tertiary/aromatic N) is 1. The lowest BCUT2D eigenvalue weighted by Crippen LogP contribution is -2.59. The maximum absolute atomic E-state index is 13.8. The molecule has 2 heterocycles. The highest BCUT2D eigenvalue weighted by atomic mass is 32.2. The number of amides is 9. The molecule has 0 radical (unpaired) electrons. The minimum Gasteiger partial charge on any atom is -0.369 e. The van der Waals surface area contributed by atoms with E-state index in [0.717, 1.165) is 10.9 Å². The van der Waals surface area contributed by atoms with Crippen LogP contribution in [0.3, 0.4) is 0 Å². The summed E-state index contributed by atoms with van der Waals surface area (Å²) in [7, 11) is 1.48. The highest BCUT2D eigenvalue weighted by Crippen LogP contribution is 2.19. The first-order valence-corrected chi connectivity index (χ1v) is 23.5. The zero-order valence-electron chi connectivity index (χ0n) is 39.4. The predicted octanol–water partition coefficient (Wildman–Crippen LogP) is -1.87. The van der Waals surface area contributed by atoms with Gasteiger partial charge < -0.3 is 58.7 Å². The van der Waals surface area contributed by atoms with Crippen molar-refractivity contribution < 1.29 is 43.2 Å². The number of hydrogen-bond acceptors (Lipinski definition) is 12. The molecule has 7 atom stereocenters. The van der Waals surface area contributed by atoms with Crippen LogP contribution in [-0.2, 0) is 56.0 Å². The van der Waals surface area contributed by atoms with Crippen LogP contribution in [0, 0.1) is 23.7 Å². The molecule has 3 aromatic rings. The lowest BCUT2D eigenvalue weighted by molar-refractivity contribution is -0.135. The lowest BCUT2D eigenvalue weighted by Gasteiger charge is -2.26. The summed E-state index contributed by atoms with van der Waals surface area (Å²) in [6.07, 6.45) is 6.55. The highest BCUT2D eigenvalue weighted by molar-refractivity contribution is 7.98. The summed E-state index contributed by atoms with van der Waals surface area (Å²) >= 11 is 1.48. The Morgan fingerprint density at radius 3 is 2.01 bits per heavy atom. The van der Waals surface area contributed by atoms with Crippen LogP contribution >= 0.6 is 11.8 Å². The van der Waals surface area contributed by atoms with Gasteiger partial charge in [0, 0.05) is 41.8 Å². The number of para-hydroxylation sites is 1. The van der Waals surface area contributed by atoms with Crippen molar-refractivity contribution in [2.45, 2.75) is 109 Å². The third kappa shape index (κ3) is 18.0. The number of primary amides is 2. The number of H-pyrrole nitrogens is 2. The van der Waals surface area contributed by atoms with Gasteiger partial charge in [-0.3, -0.25) is 48.5 Å². The quantitative estimate of drug-likeness (QED) is 0.0374. The van der Waals surface area contributed by atoms with Gasteiger partial charge in [-0.05, 0) is 62.3 Å². The fourth-order valence-electron chi connectivity index (χ4n) is 6.80. The number of rotatable bonds is 27. The standard InChI is InChI=1S/C45H65N13O9S/c1-24(2)17-33(43(65)55-31(39(47)61)15-16-68-7)56-44(66)35(19-28-21-49-23-52-28)54-37(60)22-51-45(67)38(25(3)4)58-40(62)26(5)53-42(64)34(18-27-20-50-30-12-9-8-11-29(27)30)57-41(63)32(48-6)13-10-14-36(46)59/h8-9,11-12,20-21,23-26,31-35,38,48,50H,14-19,22H2,1-7H3,(H2,46,59)(H2,47,61)(H,49,52)(H,51,67)(H,53,64)(H,54,60)(H,55,65)(H,56,66)(H,57,63)(H,58,62)/t26-,31-,32-,33-,34-,35?,38-/m0/s1. The van der Waals surface area contributed by atoms with Gasteiger partial charge in [0.05, 0.1) is 19.3 Å². The van der Waals surface area contributed by atoms with Gasteiger partial charge >= 0.3 is 0 Å². The fourth-order valence-corrected chi connectivity index (χ4v) is 7.27. The number of thioether (sulfide) groups is 1. The number of aromatic amines is 2. The maximum Gasteiger partial charge on any atom is 0.250 e. The normalized spacial score (nSPS) is 14.1. The van der Waals surface area contributed by atoms with Crippen molar-refractivity contribution in [3.63, 3.8) is 0 Å². The number of carbonyl (C=O) groups is 9.